The molecule has 0 unspecified atom stereocenters. The molecule has 0 spiro atoms. The Labute approximate surface area is 197 Å². The Morgan fingerprint density at radius 2 is 1.60 bits per heavy atom. The van der Waals surface area contributed by atoms with Gasteiger partial charge >= 0.3 is 0 Å². The molecule has 35 heavy (non-hydrogen) atoms. The third kappa shape index (κ3) is 4.62. The van der Waals surface area contributed by atoms with Crippen molar-refractivity contribution >= 4 is 22.6 Å². The van der Waals surface area contributed by atoms with Gasteiger partial charge < -0.3 is 5.32 Å². The minimum atomic E-state index is -3.05. The molecule has 4 aromatic heterocycles. The number of halogens is 4. The number of aromatic nitrogens is 7. The first-order chi connectivity index (χ1) is 16.5. The average Bonchev–Trinajstić information content (AvgIpc) is 3.36. The molecule has 0 fully saturated rings. The van der Waals surface area contributed by atoms with Crippen LogP contribution in [0.1, 0.15) is 52.6 Å². The molecular formula is C22H24F4N8O. The second kappa shape index (κ2) is 9.12. The van der Waals surface area contributed by atoms with Crippen LogP contribution in [0.3, 0.4) is 0 Å². The molecule has 0 saturated heterocycles. The molecule has 9 nitrogen and oxygen atoms in total. The van der Waals surface area contributed by atoms with Crippen molar-refractivity contribution in [3.8, 4) is 0 Å². The van der Waals surface area contributed by atoms with Crippen LogP contribution in [0.4, 0.5) is 23.2 Å². The zero-order chi connectivity index (χ0) is 25.6. The summed E-state index contributed by atoms with van der Waals surface area (Å²) in [6, 6.07) is 2.62. The number of pyridine rings is 1. The van der Waals surface area contributed by atoms with Crippen LogP contribution in [0.15, 0.2) is 12.1 Å². The Morgan fingerprint density at radius 3 is 2.20 bits per heavy atom. The van der Waals surface area contributed by atoms with E-state index in [2.05, 4.69) is 25.6 Å². The maximum absolute atomic E-state index is 13.5. The molecule has 0 bridgehead atoms. The van der Waals surface area contributed by atoms with E-state index < -0.39 is 36.6 Å². The first-order valence-corrected chi connectivity index (χ1v) is 10.8. The van der Waals surface area contributed by atoms with Crippen LogP contribution in [0.5, 0.6) is 0 Å². The molecule has 1 amide bonds. The van der Waals surface area contributed by atoms with Crippen LogP contribution in [0.25, 0.3) is 11.0 Å². The molecule has 1 N–H and O–H groups in total. The van der Waals surface area contributed by atoms with E-state index in [1.54, 1.807) is 23.2 Å². The van der Waals surface area contributed by atoms with Gasteiger partial charge in [0.1, 0.15) is 18.9 Å². The molecule has 0 atom stereocenters. The van der Waals surface area contributed by atoms with Gasteiger partial charge in [-0.15, -0.1) is 0 Å². The number of nitrogens with one attached hydrogen (secondary N) is 1. The maximum atomic E-state index is 13.5. The van der Waals surface area contributed by atoms with Crippen LogP contribution in [0, 0.1) is 34.6 Å². The molecule has 0 aliphatic carbocycles. The average molecular weight is 492 g/mol. The van der Waals surface area contributed by atoms with Crippen LogP contribution >= 0.6 is 0 Å². The fraction of sp³-hybridized carbons (Fsp3) is 0.409. The summed E-state index contributed by atoms with van der Waals surface area (Å²) < 4.78 is 58.2. The van der Waals surface area contributed by atoms with Gasteiger partial charge in [0.15, 0.2) is 5.65 Å². The normalized spacial score (nSPS) is 11.9. The highest BCUT2D eigenvalue weighted by atomic mass is 19.3. The molecule has 4 heterocycles. The first kappa shape index (κ1) is 24.4. The maximum Gasteiger partial charge on any atom is 0.280 e. The van der Waals surface area contributed by atoms with E-state index in [9.17, 15) is 22.4 Å². The summed E-state index contributed by atoms with van der Waals surface area (Å²) in [5.41, 5.74) is 2.15. The molecule has 13 heteroatoms. The topological polar surface area (TPSA) is 95.5 Å². The third-order valence-electron chi connectivity index (χ3n) is 5.70. The van der Waals surface area contributed by atoms with Gasteiger partial charge in [-0.2, -0.15) is 15.3 Å². The zero-order valence-electron chi connectivity index (χ0n) is 19.8. The van der Waals surface area contributed by atoms with Crippen LogP contribution < -0.4 is 5.32 Å². The third-order valence-corrected chi connectivity index (χ3v) is 5.70. The van der Waals surface area contributed by atoms with Crippen molar-refractivity contribution < 1.29 is 22.4 Å². The summed E-state index contributed by atoms with van der Waals surface area (Å²) in [6.07, 6.45) is -6.05. The molecular weight excluding hydrogens is 468 g/mol. The molecule has 0 radical (unpaired) electrons. The minimum Gasteiger partial charge on any atom is -0.321 e. The number of alkyl halides is 4. The standard InChI is InChI=1S/C22H24F4N8O/c1-10-6-11(2)33(29-10)9-34-14(5)19(13(4)31-34)28-17(35)8-32-22-18(12(3)30-32)15(20(23)24)7-16(27-22)21(25)26/h6-7,20-21H,8-9H2,1-5H3,(H,28,35). The van der Waals surface area contributed by atoms with Crippen molar-refractivity contribution in [2.24, 2.45) is 0 Å². The van der Waals surface area contributed by atoms with Gasteiger partial charge in [-0.05, 0) is 46.8 Å². The van der Waals surface area contributed by atoms with Crippen molar-refractivity contribution in [2.75, 3.05) is 5.32 Å². The highest BCUT2D eigenvalue weighted by Gasteiger charge is 2.24. The molecule has 4 aromatic rings. The number of nitrogens with zero attached hydrogens (tertiary/aromatic N) is 7. The minimum absolute atomic E-state index is 0.0396. The summed E-state index contributed by atoms with van der Waals surface area (Å²) in [5.74, 6) is -0.533. The highest BCUT2D eigenvalue weighted by molar-refractivity contribution is 5.93. The van der Waals surface area contributed by atoms with Crippen molar-refractivity contribution in [3.05, 3.63) is 51.9 Å². The van der Waals surface area contributed by atoms with Gasteiger partial charge in [0, 0.05) is 11.3 Å². The van der Waals surface area contributed by atoms with E-state index in [0.717, 1.165) is 16.1 Å². The first-order valence-electron chi connectivity index (χ1n) is 10.8. The fourth-order valence-corrected chi connectivity index (χ4v) is 4.08. The lowest BCUT2D eigenvalue weighted by molar-refractivity contribution is -0.116. The number of carbonyl (C=O) groups excluding carboxylic acids is 1. The summed E-state index contributed by atoms with van der Waals surface area (Å²) in [6.45, 7) is 8.75. The molecule has 0 aromatic carbocycles. The number of hydrogen-bond acceptors (Lipinski definition) is 5. The van der Waals surface area contributed by atoms with Gasteiger partial charge in [-0.3, -0.25) is 4.79 Å². The van der Waals surface area contributed by atoms with Crippen molar-refractivity contribution in [2.45, 2.75) is 60.7 Å². The predicted octanol–water partition coefficient (Wildman–Crippen LogP) is 4.39. The summed E-state index contributed by atoms with van der Waals surface area (Å²) in [7, 11) is 0. The summed E-state index contributed by atoms with van der Waals surface area (Å²) in [4.78, 5) is 16.7. The zero-order valence-corrected chi connectivity index (χ0v) is 19.8. The van der Waals surface area contributed by atoms with Crippen LogP contribution in [-0.2, 0) is 18.0 Å². The second-order valence-electron chi connectivity index (χ2n) is 8.34. The molecule has 0 aliphatic heterocycles. The lowest BCUT2D eigenvalue weighted by Crippen LogP contribution is -2.21. The van der Waals surface area contributed by atoms with Gasteiger partial charge in [-0.25, -0.2) is 36.6 Å². The predicted molar refractivity (Wildman–Crippen MR) is 120 cm³/mol. The van der Waals surface area contributed by atoms with E-state index in [4.69, 9.17) is 0 Å². The second-order valence-corrected chi connectivity index (χ2v) is 8.34. The van der Waals surface area contributed by atoms with Gasteiger partial charge in [0.2, 0.25) is 5.91 Å². The number of hydrogen-bond donors (Lipinski definition) is 1. The Kier molecular flexibility index (Phi) is 6.34. The van der Waals surface area contributed by atoms with E-state index in [1.165, 1.54) is 6.92 Å². The number of anilines is 1. The Bertz CT molecular complexity index is 1420. The molecule has 0 aliphatic rings. The van der Waals surface area contributed by atoms with E-state index in [0.29, 0.717) is 29.8 Å². The number of fused-ring (bicyclic) bond motifs is 1. The summed E-state index contributed by atoms with van der Waals surface area (Å²) in [5, 5.41) is 15.7. The van der Waals surface area contributed by atoms with Crippen molar-refractivity contribution in [1.82, 2.24) is 34.3 Å². The lowest BCUT2D eigenvalue weighted by atomic mass is 10.1. The van der Waals surface area contributed by atoms with Gasteiger partial charge in [-0.1, -0.05) is 0 Å². The number of carbonyl (C=O) groups is 1. The fourth-order valence-electron chi connectivity index (χ4n) is 4.08. The number of amides is 1. The molecule has 4 rings (SSSR count). The summed E-state index contributed by atoms with van der Waals surface area (Å²) >= 11 is 0. The monoisotopic (exact) mass is 492 g/mol. The van der Waals surface area contributed by atoms with Crippen molar-refractivity contribution in [3.63, 3.8) is 0 Å². The Balaban J connectivity index is 1.61. The molecule has 0 saturated carbocycles. The number of aryl methyl sites for hydroxylation is 4. The quantitative estimate of drug-likeness (QED) is 0.386. The molecule has 186 valence electrons. The van der Waals surface area contributed by atoms with Crippen LogP contribution in [-0.4, -0.2) is 40.2 Å². The van der Waals surface area contributed by atoms with E-state index >= 15 is 0 Å². The van der Waals surface area contributed by atoms with Gasteiger partial charge in [0.05, 0.1) is 33.8 Å². The lowest BCUT2D eigenvalue weighted by Gasteiger charge is -2.10. The van der Waals surface area contributed by atoms with Crippen molar-refractivity contribution in [1.29, 1.82) is 0 Å². The Morgan fingerprint density at radius 1 is 0.914 bits per heavy atom. The van der Waals surface area contributed by atoms with E-state index in [-0.39, 0.29) is 16.7 Å². The van der Waals surface area contributed by atoms with Gasteiger partial charge in [0.25, 0.3) is 12.9 Å². The SMILES string of the molecule is Cc1cc(C)n(Cn2nc(C)c(NC(=O)Cn3nc(C)c4c(C(F)F)cc(C(F)F)nc43)c2C)n1. The Hall–Kier alpha value is -3.77. The largest absolute Gasteiger partial charge is 0.321 e. The smallest absolute Gasteiger partial charge is 0.280 e. The number of rotatable bonds is 7. The van der Waals surface area contributed by atoms with Crippen LogP contribution in [0.2, 0.25) is 0 Å². The van der Waals surface area contributed by atoms with E-state index in [1.807, 2.05) is 19.9 Å². The highest BCUT2D eigenvalue weighted by Crippen LogP contribution is 2.32.